The Hall–Kier alpha value is -2.41. The lowest BCUT2D eigenvalue weighted by atomic mass is 10.1. The summed E-state index contributed by atoms with van der Waals surface area (Å²) in [4.78, 5) is 34.0. The molecule has 7 heteroatoms. The van der Waals surface area contributed by atoms with Crippen LogP contribution in [-0.2, 0) is 20.9 Å². The first-order valence-electron chi connectivity index (χ1n) is 6.90. The fraction of sp³-hybridized carbons (Fsp3) is 0.400. The SMILES string of the molecule is Cc1ccc(CNC(=O)CC(N)C(=O)N[C@H](C)C(=O)O)cc1. The van der Waals surface area contributed by atoms with Crippen LogP contribution >= 0.6 is 0 Å². The van der Waals surface area contributed by atoms with E-state index >= 15 is 0 Å². The van der Waals surface area contributed by atoms with Crippen molar-refractivity contribution in [1.82, 2.24) is 10.6 Å². The number of nitrogens with two attached hydrogens (primary N) is 1. The summed E-state index contributed by atoms with van der Waals surface area (Å²) in [5, 5.41) is 13.6. The molecule has 0 saturated heterocycles. The molecule has 0 aromatic heterocycles. The van der Waals surface area contributed by atoms with Crippen LogP contribution in [0.5, 0.6) is 0 Å². The summed E-state index contributed by atoms with van der Waals surface area (Å²) in [7, 11) is 0. The summed E-state index contributed by atoms with van der Waals surface area (Å²) >= 11 is 0. The van der Waals surface area contributed by atoms with E-state index in [4.69, 9.17) is 10.8 Å². The average Bonchev–Trinajstić information content (AvgIpc) is 2.46. The van der Waals surface area contributed by atoms with Gasteiger partial charge in [0.1, 0.15) is 6.04 Å². The number of amides is 2. The van der Waals surface area contributed by atoms with Gasteiger partial charge < -0.3 is 21.5 Å². The van der Waals surface area contributed by atoms with E-state index in [2.05, 4.69) is 10.6 Å². The molecule has 0 fully saturated rings. The standard InChI is InChI=1S/C15H21N3O4/c1-9-3-5-11(6-4-9)8-17-13(19)7-12(16)14(20)18-10(2)15(21)22/h3-6,10,12H,7-8,16H2,1-2H3,(H,17,19)(H,18,20)(H,21,22)/t10-,12?/m1/s1. The van der Waals surface area contributed by atoms with E-state index in [-0.39, 0.29) is 12.3 Å². The Bertz CT molecular complexity index is 542. The van der Waals surface area contributed by atoms with Gasteiger partial charge in [0.05, 0.1) is 12.5 Å². The number of carboxylic acid groups (broad SMARTS) is 1. The molecule has 22 heavy (non-hydrogen) atoms. The molecule has 0 radical (unpaired) electrons. The molecular weight excluding hydrogens is 286 g/mol. The van der Waals surface area contributed by atoms with E-state index in [0.717, 1.165) is 11.1 Å². The van der Waals surface area contributed by atoms with Crippen molar-refractivity contribution < 1.29 is 19.5 Å². The lowest BCUT2D eigenvalue weighted by Gasteiger charge is -2.14. The van der Waals surface area contributed by atoms with Crippen molar-refractivity contribution in [1.29, 1.82) is 0 Å². The molecule has 2 atom stereocenters. The number of carbonyl (C=O) groups excluding carboxylic acids is 2. The first-order valence-corrected chi connectivity index (χ1v) is 6.90. The smallest absolute Gasteiger partial charge is 0.325 e. The second kappa shape index (κ2) is 8.14. The lowest BCUT2D eigenvalue weighted by Crippen LogP contribution is -2.48. The van der Waals surface area contributed by atoms with Gasteiger partial charge in [0.25, 0.3) is 0 Å². The van der Waals surface area contributed by atoms with Crippen molar-refractivity contribution >= 4 is 17.8 Å². The largest absolute Gasteiger partial charge is 0.480 e. The average molecular weight is 307 g/mol. The van der Waals surface area contributed by atoms with Crippen LogP contribution in [0.4, 0.5) is 0 Å². The second-order valence-electron chi connectivity index (χ2n) is 5.14. The van der Waals surface area contributed by atoms with E-state index in [0.29, 0.717) is 6.54 Å². The molecule has 1 unspecified atom stereocenters. The maximum Gasteiger partial charge on any atom is 0.325 e. The highest BCUT2D eigenvalue weighted by atomic mass is 16.4. The Kier molecular flexibility index (Phi) is 6.52. The Morgan fingerprint density at radius 3 is 2.36 bits per heavy atom. The minimum absolute atomic E-state index is 0.204. The topological polar surface area (TPSA) is 122 Å². The summed E-state index contributed by atoms with van der Waals surface area (Å²) < 4.78 is 0. The molecule has 0 heterocycles. The Balaban J connectivity index is 2.39. The first-order chi connectivity index (χ1) is 10.3. The summed E-state index contributed by atoms with van der Waals surface area (Å²) in [5.41, 5.74) is 7.66. The molecule has 0 aliphatic carbocycles. The number of nitrogens with one attached hydrogen (secondary N) is 2. The van der Waals surface area contributed by atoms with Crippen molar-refractivity contribution in [2.75, 3.05) is 0 Å². The fourth-order valence-electron chi connectivity index (χ4n) is 1.65. The maximum absolute atomic E-state index is 11.7. The summed E-state index contributed by atoms with van der Waals surface area (Å²) in [6.45, 7) is 3.64. The van der Waals surface area contributed by atoms with Gasteiger partial charge in [0.2, 0.25) is 11.8 Å². The van der Waals surface area contributed by atoms with E-state index < -0.39 is 24.0 Å². The molecule has 0 bridgehead atoms. The van der Waals surface area contributed by atoms with Crippen LogP contribution in [0, 0.1) is 6.92 Å². The molecule has 7 nitrogen and oxygen atoms in total. The van der Waals surface area contributed by atoms with E-state index in [1.807, 2.05) is 31.2 Å². The third-order valence-electron chi connectivity index (χ3n) is 3.08. The van der Waals surface area contributed by atoms with Gasteiger partial charge in [-0.25, -0.2) is 0 Å². The predicted octanol–water partition coefficient (Wildman–Crippen LogP) is -0.0821. The van der Waals surface area contributed by atoms with Gasteiger partial charge >= 0.3 is 5.97 Å². The zero-order chi connectivity index (χ0) is 16.7. The van der Waals surface area contributed by atoms with E-state index in [1.165, 1.54) is 6.92 Å². The summed E-state index contributed by atoms with van der Waals surface area (Å²) in [6.07, 6.45) is -0.204. The highest BCUT2D eigenvalue weighted by Gasteiger charge is 2.21. The van der Waals surface area contributed by atoms with Gasteiger partial charge in [0.15, 0.2) is 0 Å². The Morgan fingerprint density at radius 2 is 1.82 bits per heavy atom. The van der Waals surface area contributed by atoms with Crippen LogP contribution < -0.4 is 16.4 Å². The molecule has 0 aliphatic heterocycles. The number of benzene rings is 1. The molecule has 0 saturated carbocycles. The molecule has 5 N–H and O–H groups in total. The quantitative estimate of drug-likeness (QED) is 0.561. The van der Waals surface area contributed by atoms with Crippen LogP contribution in [0.1, 0.15) is 24.5 Å². The van der Waals surface area contributed by atoms with Gasteiger partial charge in [-0.05, 0) is 19.4 Å². The lowest BCUT2D eigenvalue weighted by molar-refractivity contribution is -0.141. The van der Waals surface area contributed by atoms with Crippen LogP contribution in [0.2, 0.25) is 0 Å². The molecule has 120 valence electrons. The number of carboxylic acids is 1. The normalized spacial score (nSPS) is 13.0. The number of rotatable bonds is 7. The highest BCUT2D eigenvalue weighted by Crippen LogP contribution is 2.02. The van der Waals surface area contributed by atoms with Crippen LogP contribution in [0.3, 0.4) is 0 Å². The number of aryl methyl sites for hydroxylation is 1. The van der Waals surface area contributed by atoms with Gasteiger partial charge in [0, 0.05) is 6.54 Å². The van der Waals surface area contributed by atoms with Gasteiger partial charge in [-0.1, -0.05) is 29.8 Å². The molecule has 1 rings (SSSR count). The third-order valence-corrected chi connectivity index (χ3v) is 3.08. The van der Waals surface area contributed by atoms with Gasteiger partial charge in [-0.2, -0.15) is 0 Å². The van der Waals surface area contributed by atoms with Crippen LogP contribution in [0.25, 0.3) is 0 Å². The molecular formula is C15H21N3O4. The molecule has 0 aliphatic rings. The molecule has 0 spiro atoms. The summed E-state index contributed by atoms with van der Waals surface area (Å²) in [6, 6.07) is 5.55. The molecule has 2 amide bonds. The minimum atomic E-state index is -1.16. The van der Waals surface area contributed by atoms with Crippen LogP contribution in [0.15, 0.2) is 24.3 Å². The zero-order valence-electron chi connectivity index (χ0n) is 12.6. The highest BCUT2D eigenvalue weighted by molar-refractivity contribution is 5.90. The predicted molar refractivity (Wildman–Crippen MR) is 80.9 cm³/mol. The third kappa shape index (κ3) is 5.92. The molecule has 1 aromatic rings. The monoisotopic (exact) mass is 307 g/mol. The summed E-state index contributed by atoms with van der Waals surface area (Å²) in [5.74, 6) is -2.20. The van der Waals surface area contributed by atoms with Crippen molar-refractivity contribution in [2.45, 2.75) is 38.9 Å². The maximum atomic E-state index is 11.7. The van der Waals surface area contributed by atoms with Gasteiger partial charge in [-0.15, -0.1) is 0 Å². The second-order valence-corrected chi connectivity index (χ2v) is 5.14. The van der Waals surface area contributed by atoms with E-state index in [1.54, 1.807) is 0 Å². The van der Waals surface area contributed by atoms with Crippen molar-refractivity contribution in [2.24, 2.45) is 5.73 Å². The number of hydrogen-bond donors (Lipinski definition) is 4. The Labute approximate surface area is 128 Å². The van der Waals surface area contributed by atoms with Crippen LogP contribution in [-0.4, -0.2) is 35.0 Å². The number of aliphatic carboxylic acids is 1. The van der Waals surface area contributed by atoms with E-state index in [9.17, 15) is 14.4 Å². The first kappa shape index (κ1) is 17.6. The Morgan fingerprint density at radius 1 is 1.23 bits per heavy atom. The van der Waals surface area contributed by atoms with Crippen molar-refractivity contribution in [3.63, 3.8) is 0 Å². The molecule has 1 aromatic carbocycles. The van der Waals surface area contributed by atoms with Crippen molar-refractivity contribution in [3.05, 3.63) is 35.4 Å². The zero-order valence-corrected chi connectivity index (χ0v) is 12.6. The van der Waals surface area contributed by atoms with Gasteiger partial charge in [-0.3, -0.25) is 14.4 Å². The number of carbonyl (C=O) groups is 3. The number of hydrogen-bond acceptors (Lipinski definition) is 4. The fourth-order valence-corrected chi connectivity index (χ4v) is 1.65. The van der Waals surface area contributed by atoms with Crippen molar-refractivity contribution in [3.8, 4) is 0 Å². The minimum Gasteiger partial charge on any atom is -0.480 e.